The largest absolute Gasteiger partial charge is 0.435 e. The summed E-state index contributed by atoms with van der Waals surface area (Å²) in [6, 6.07) is -0.202. The number of carbonyl (C=O) groups is 2. The number of hydrazine groups is 1. The minimum atomic E-state index is -4.62. The Labute approximate surface area is 134 Å². The Bertz CT molecular complexity index is 745. The quantitative estimate of drug-likeness (QED) is 0.667. The minimum Gasteiger partial charge on any atom is -0.271 e. The van der Waals surface area contributed by atoms with Gasteiger partial charge >= 0.3 is 6.18 Å². The van der Waals surface area contributed by atoms with Crippen LogP contribution in [0.4, 0.5) is 13.2 Å². The summed E-state index contributed by atoms with van der Waals surface area (Å²) < 4.78 is 61.5. The predicted molar refractivity (Wildman–Crippen MR) is 73.5 cm³/mol. The van der Waals surface area contributed by atoms with Gasteiger partial charge in [0, 0.05) is 12.7 Å². The Balaban J connectivity index is 1.83. The van der Waals surface area contributed by atoms with Gasteiger partial charge in [0.1, 0.15) is 12.6 Å². The summed E-state index contributed by atoms with van der Waals surface area (Å²) in [4.78, 5) is 23.4. The number of aromatic nitrogens is 2. The first-order valence-corrected chi connectivity index (χ1v) is 8.49. The Morgan fingerprint density at radius 2 is 2.04 bits per heavy atom. The second-order valence-corrected chi connectivity index (χ2v) is 7.05. The number of sulfonamides is 1. The molecule has 0 aliphatic carbocycles. The summed E-state index contributed by atoms with van der Waals surface area (Å²) in [5, 5.41) is 3.19. The number of amides is 2. The molecule has 1 unspecified atom stereocenters. The van der Waals surface area contributed by atoms with Gasteiger partial charge in [0.05, 0.1) is 6.26 Å². The first kappa shape index (κ1) is 18.2. The molecule has 2 amide bonds. The molecule has 1 fully saturated rings. The van der Waals surface area contributed by atoms with E-state index in [9.17, 15) is 31.2 Å². The molecule has 13 heteroatoms. The van der Waals surface area contributed by atoms with Crippen LogP contribution in [0.25, 0.3) is 0 Å². The van der Waals surface area contributed by atoms with Gasteiger partial charge in [0.15, 0.2) is 5.69 Å². The van der Waals surface area contributed by atoms with Crippen LogP contribution >= 0.6 is 0 Å². The van der Waals surface area contributed by atoms with Crippen molar-refractivity contribution in [3.63, 3.8) is 0 Å². The van der Waals surface area contributed by atoms with E-state index in [-0.39, 0.29) is 6.54 Å². The summed E-state index contributed by atoms with van der Waals surface area (Å²) in [5.41, 5.74) is 2.89. The van der Waals surface area contributed by atoms with Crippen molar-refractivity contribution in [3.8, 4) is 0 Å². The zero-order chi connectivity index (χ0) is 18.1. The molecule has 24 heavy (non-hydrogen) atoms. The molecule has 1 atom stereocenters. The smallest absolute Gasteiger partial charge is 0.271 e. The van der Waals surface area contributed by atoms with Crippen LogP contribution in [0.2, 0.25) is 0 Å². The number of hydrogen-bond donors (Lipinski definition) is 2. The number of rotatable bonds is 4. The molecule has 9 nitrogen and oxygen atoms in total. The predicted octanol–water partition coefficient (Wildman–Crippen LogP) is -0.917. The van der Waals surface area contributed by atoms with E-state index in [1.807, 2.05) is 10.9 Å². The second kappa shape index (κ2) is 6.39. The van der Waals surface area contributed by atoms with Crippen LogP contribution in [0.1, 0.15) is 12.1 Å². The van der Waals surface area contributed by atoms with Crippen LogP contribution in [0.5, 0.6) is 0 Å². The van der Waals surface area contributed by atoms with Gasteiger partial charge in [-0.15, -0.1) is 0 Å². The van der Waals surface area contributed by atoms with Crippen molar-refractivity contribution in [1.29, 1.82) is 0 Å². The highest BCUT2D eigenvalue weighted by atomic mass is 32.2. The van der Waals surface area contributed by atoms with Crippen molar-refractivity contribution < 1.29 is 31.2 Å². The number of hydrogen-bond acceptors (Lipinski definition) is 5. The van der Waals surface area contributed by atoms with Crippen LogP contribution in [-0.2, 0) is 32.3 Å². The number of halogens is 3. The van der Waals surface area contributed by atoms with Crippen molar-refractivity contribution in [2.45, 2.75) is 25.2 Å². The first-order chi connectivity index (χ1) is 11.0. The van der Waals surface area contributed by atoms with Crippen LogP contribution in [0.3, 0.4) is 0 Å². The molecule has 0 radical (unpaired) electrons. The van der Waals surface area contributed by atoms with E-state index < -0.39 is 46.3 Å². The van der Waals surface area contributed by atoms with Crippen LogP contribution < -0.4 is 10.9 Å². The summed E-state index contributed by atoms with van der Waals surface area (Å²) in [6.07, 6.45) is -2.37. The van der Waals surface area contributed by atoms with Gasteiger partial charge in [-0.1, -0.05) is 0 Å². The zero-order valence-corrected chi connectivity index (χ0v) is 13.2. The molecule has 2 rings (SSSR count). The summed E-state index contributed by atoms with van der Waals surface area (Å²) in [6.45, 7) is -0.338. The van der Waals surface area contributed by atoms with Gasteiger partial charge < -0.3 is 0 Å². The zero-order valence-electron chi connectivity index (χ0n) is 12.4. The lowest BCUT2D eigenvalue weighted by atomic mass is 10.1. The Kier molecular flexibility index (Phi) is 4.85. The van der Waals surface area contributed by atoms with Gasteiger partial charge in [-0.2, -0.15) is 22.6 Å². The maximum absolute atomic E-state index is 12.4. The highest BCUT2D eigenvalue weighted by Gasteiger charge is 2.40. The van der Waals surface area contributed by atoms with E-state index >= 15 is 0 Å². The number of nitrogens with one attached hydrogen (secondary N) is 2. The van der Waals surface area contributed by atoms with Crippen LogP contribution in [-0.4, -0.2) is 53.2 Å². The summed E-state index contributed by atoms with van der Waals surface area (Å²) in [5.74, 6) is -1.54. The SMILES string of the molecule is CS(=O)(=O)N1CCC1C(=O)NNC(=O)Cn1ccc(C(F)(F)F)n1. The van der Waals surface area contributed by atoms with E-state index in [1.54, 1.807) is 0 Å². The normalized spacial score (nSPS) is 18.8. The standard InChI is InChI=1S/C11H14F3N5O4S/c1-24(22,23)19-5-2-7(19)10(21)16-15-9(20)6-18-4-3-8(17-18)11(12,13)14/h3-4,7H,2,5-6H2,1H3,(H,15,20)(H,16,21). The third-order valence-electron chi connectivity index (χ3n) is 3.26. The molecule has 134 valence electrons. The highest BCUT2D eigenvalue weighted by Crippen LogP contribution is 2.27. The summed E-state index contributed by atoms with van der Waals surface area (Å²) in [7, 11) is -3.52. The number of alkyl halides is 3. The fraction of sp³-hybridized carbons (Fsp3) is 0.545. The third kappa shape index (κ3) is 4.23. The van der Waals surface area contributed by atoms with Gasteiger partial charge in [0.2, 0.25) is 10.0 Å². The Hall–Kier alpha value is -2.15. The van der Waals surface area contributed by atoms with E-state index in [1.165, 1.54) is 0 Å². The molecule has 1 saturated heterocycles. The van der Waals surface area contributed by atoms with Crippen molar-refractivity contribution >= 4 is 21.8 Å². The van der Waals surface area contributed by atoms with Crippen molar-refractivity contribution in [2.75, 3.05) is 12.8 Å². The Morgan fingerprint density at radius 3 is 2.50 bits per heavy atom. The average Bonchev–Trinajstić information content (AvgIpc) is 2.81. The minimum absolute atomic E-state index is 0.207. The molecule has 1 aromatic rings. The fourth-order valence-electron chi connectivity index (χ4n) is 2.02. The lowest BCUT2D eigenvalue weighted by Crippen LogP contribution is -2.60. The van der Waals surface area contributed by atoms with Crippen LogP contribution in [0, 0.1) is 0 Å². The van der Waals surface area contributed by atoms with Crippen molar-refractivity contribution in [3.05, 3.63) is 18.0 Å². The van der Waals surface area contributed by atoms with Gasteiger partial charge in [-0.25, -0.2) is 8.42 Å². The lowest BCUT2D eigenvalue weighted by Gasteiger charge is -2.37. The molecule has 1 aliphatic heterocycles. The first-order valence-electron chi connectivity index (χ1n) is 6.64. The number of nitrogens with zero attached hydrogens (tertiary/aromatic N) is 3. The lowest BCUT2D eigenvalue weighted by molar-refractivity contribution is -0.141. The molecule has 2 heterocycles. The monoisotopic (exact) mass is 369 g/mol. The second-order valence-electron chi connectivity index (χ2n) is 5.11. The molecule has 0 aromatic carbocycles. The molecule has 1 aromatic heterocycles. The highest BCUT2D eigenvalue weighted by molar-refractivity contribution is 7.88. The van der Waals surface area contributed by atoms with Gasteiger partial charge in [-0.05, 0) is 12.5 Å². The maximum Gasteiger partial charge on any atom is 0.435 e. The van der Waals surface area contributed by atoms with E-state index in [0.717, 1.165) is 21.4 Å². The van der Waals surface area contributed by atoms with Crippen molar-refractivity contribution in [1.82, 2.24) is 24.9 Å². The van der Waals surface area contributed by atoms with Crippen LogP contribution in [0.15, 0.2) is 12.3 Å². The van der Waals surface area contributed by atoms with E-state index in [2.05, 4.69) is 5.10 Å². The third-order valence-corrected chi connectivity index (χ3v) is 4.55. The van der Waals surface area contributed by atoms with Gasteiger partial charge in [-0.3, -0.25) is 25.1 Å². The molecule has 0 spiro atoms. The Morgan fingerprint density at radius 1 is 1.38 bits per heavy atom. The van der Waals surface area contributed by atoms with E-state index in [4.69, 9.17) is 0 Å². The molecule has 2 N–H and O–H groups in total. The fourth-order valence-corrected chi connectivity index (χ4v) is 3.13. The molecular formula is C11H14F3N5O4S. The molecular weight excluding hydrogens is 355 g/mol. The summed E-state index contributed by atoms with van der Waals surface area (Å²) >= 11 is 0. The molecule has 0 saturated carbocycles. The molecule has 1 aliphatic rings. The number of carbonyl (C=O) groups excluding carboxylic acids is 2. The molecule has 0 bridgehead atoms. The maximum atomic E-state index is 12.4. The topological polar surface area (TPSA) is 113 Å². The van der Waals surface area contributed by atoms with E-state index in [0.29, 0.717) is 12.5 Å². The average molecular weight is 369 g/mol. The van der Waals surface area contributed by atoms with Crippen molar-refractivity contribution in [2.24, 2.45) is 0 Å². The van der Waals surface area contributed by atoms with Gasteiger partial charge in [0.25, 0.3) is 11.8 Å².